The van der Waals surface area contributed by atoms with E-state index < -0.39 is 12.5 Å². The number of hydrogen-bond donors (Lipinski definition) is 0. The molecule has 2 amide bonds. The van der Waals surface area contributed by atoms with Gasteiger partial charge in [0.1, 0.15) is 5.75 Å². The van der Waals surface area contributed by atoms with Gasteiger partial charge in [0, 0.05) is 44.6 Å². The molecule has 0 bridgehead atoms. The number of fused-ring (bicyclic) bond motifs is 1. The molecule has 0 atom stereocenters. The molecule has 6 nitrogen and oxygen atoms in total. The van der Waals surface area contributed by atoms with E-state index in [4.69, 9.17) is 0 Å². The van der Waals surface area contributed by atoms with Crippen molar-refractivity contribution < 1.29 is 27.9 Å². The van der Waals surface area contributed by atoms with E-state index in [1.807, 2.05) is 18.2 Å². The SMILES string of the molecule is O=C(CCC(=O)N1CCN(C(=O)c2ccccc2OC(F)F)CC1)c1ccc2c(c1)CCC2. The van der Waals surface area contributed by atoms with Crippen molar-refractivity contribution >= 4 is 17.6 Å². The molecule has 0 N–H and O–H groups in total. The number of aryl methyl sites for hydroxylation is 2. The standard InChI is InChI=1S/C25H26F2N2O4/c26-25(27)33-22-7-2-1-6-20(22)24(32)29-14-12-28(13-15-29)23(31)11-10-21(30)19-9-8-17-4-3-5-18(17)16-19/h1-2,6-9,16,25H,3-5,10-15H2. The molecule has 0 spiro atoms. The van der Waals surface area contributed by atoms with Gasteiger partial charge >= 0.3 is 6.61 Å². The molecule has 2 aliphatic rings. The molecule has 174 valence electrons. The van der Waals surface area contributed by atoms with Gasteiger partial charge in [-0.15, -0.1) is 0 Å². The van der Waals surface area contributed by atoms with Crippen molar-refractivity contribution in [2.45, 2.75) is 38.7 Å². The summed E-state index contributed by atoms with van der Waals surface area (Å²) in [6.45, 7) is -1.79. The van der Waals surface area contributed by atoms with Crippen LogP contribution in [-0.2, 0) is 17.6 Å². The molecule has 0 unspecified atom stereocenters. The molecule has 1 heterocycles. The smallest absolute Gasteiger partial charge is 0.387 e. The monoisotopic (exact) mass is 456 g/mol. The summed E-state index contributed by atoms with van der Waals surface area (Å²) in [5, 5.41) is 0. The summed E-state index contributed by atoms with van der Waals surface area (Å²) in [6, 6.07) is 11.7. The quantitative estimate of drug-likeness (QED) is 0.596. The van der Waals surface area contributed by atoms with Crippen LogP contribution in [0, 0.1) is 0 Å². The number of hydrogen-bond acceptors (Lipinski definition) is 4. The molecule has 8 heteroatoms. The normalized spacial score (nSPS) is 15.5. The lowest BCUT2D eigenvalue weighted by Gasteiger charge is -2.35. The number of carbonyl (C=O) groups excluding carboxylic acids is 3. The van der Waals surface area contributed by atoms with Gasteiger partial charge in [0.2, 0.25) is 5.91 Å². The lowest BCUT2D eigenvalue weighted by atomic mass is 10.0. The van der Waals surface area contributed by atoms with E-state index in [9.17, 15) is 23.2 Å². The number of carbonyl (C=O) groups is 3. The molecule has 4 rings (SSSR count). The second-order valence-corrected chi connectivity index (χ2v) is 8.31. The first-order valence-corrected chi connectivity index (χ1v) is 11.2. The molecule has 2 aromatic rings. The third-order valence-electron chi connectivity index (χ3n) is 6.24. The van der Waals surface area contributed by atoms with Gasteiger partial charge in [-0.3, -0.25) is 14.4 Å². The average molecular weight is 456 g/mol. The summed E-state index contributed by atoms with van der Waals surface area (Å²) in [4.78, 5) is 41.1. The number of amides is 2. The third kappa shape index (κ3) is 5.38. The zero-order valence-electron chi connectivity index (χ0n) is 18.3. The Hall–Kier alpha value is -3.29. The maximum absolute atomic E-state index is 12.8. The first-order valence-electron chi connectivity index (χ1n) is 11.2. The zero-order valence-corrected chi connectivity index (χ0v) is 18.3. The molecule has 0 aromatic heterocycles. The van der Waals surface area contributed by atoms with E-state index in [1.54, 1.807) is 11.0 Å². The predicted molar refractivity (Wildman–Crippen MR) is 118 cm³/mol. The van der Waals surface area contributed by atoms with Crippen molar-refractivity contribution in [3.05, 3.63) is 64.7 Å². The number of ether oxygens (including phenoxy) is 1. The Labute approximate surface area is 191 Å². The maximum Gasteiger partial charge on any atom is 0.387 e. The van der Waals surface area contributed by atoms with Crippen molar-refractivity contribution in [2.24, 2.45) is 0 Å². The van der Waals surface area contributed by atoms with E-state index in [-0.39, 0.29) is 48.9 Å². The summed E-state index contributed by atoms with van der Waals surface area (Å²) < 4.78 is 29.7. The lowest BCUT2D eigenvalue weighted by molar-refractivity contribution is -0.132. The number of rotatable bonds is 7. The van der Waals surface area contributed by atoms with Gasteiger partial charge in [0.15, 0.2) is 5.78 Å². The number of para-hydroxylation sites is 1. The van der Waals surface area contributed by atoms with E-state index in [0.29, 0.717) is 18.7 Å². The topological polar surface area (TPSA) is 66.9 Å². The van der Waals surface area contributed by atoms with E-state index in [0.717, 1.165) is 19.3 Å². The fraction of sp³-hybridized carbons (Fsp3) is 0.400. The Morgan fingerprint density at radius 3 is 2.33 bits per heavy atom. The molecule has 33 heavy (non-hydrogen) atoms. The Morgan fingerprint density at radius 1 is 0.879 bits per heavy atom. The fourth-order valence-corrected chi connectivity index (χ4v) is 4.44. The van der Waals surface area contributed by atoms with Crippen molar-refractivity contribution in [1.29, 1.82) is 0 Å². The molecule has 0 saturated carbocycles. The van der Waals surface area contributed by atoms with Crippen molar-refractivity contribution in [3.63, 3.8) is 0 Å². The molecule has 0 radical (unpaired) electrons. The first kappa shape index (κ1) is 22.9. The second kappa shape index (κ2) is 10.1. The van der Waals surface area contributed by atoms with E-state index >= 15 is 0 Å². The van der Waals surface area contributed by atoms with Crippen LogP contribution in [0.15, 0.2) is 42.5 Å². The Kier molecular flexibility index (Phi) is 7.01. The molecule has 1 fully saturated rings. The highest BCUT2D eigenvalue weighted by Gasteiger charge is 2.27. The highest BCUT2D eigenvalue weighted by molar-refractivity contribution is 5.98. The van der Waals surface area contributed by atoms with Gasteiger partial charge in [-0.05, 0) is 48.6 Å². The summed E-state index contributed by atoms with van der Waals surface area (Å²) in [5.41, 5.74) is 3.26. The highest BCUT2D eigenvalue weighted by atomic mass is 19.3. The van der Waals surface area contributed by atoms with Gasteiger partial charge in [-0.1, -0.05) is 24.3 Å². The molecule has 1 aliphatic carbocycles. The van der Waals surface area contributed by atoms with Crippen LogP contribution >= 0.6 is 0 Å². The van der Waals surface area contributed by atoms with Crippen LogP contribution in [0.2, 0.25) is 0 Å². The highest BCUT2D eigenvalue weighted by Crippen LogP contribution is 2.24. The fourth-order valence-electron chi connectivity index (χ4n) is 4.44. The van der Waals surface area contributed by atoms with Crippen molar-refractivity contribution in [3.8, 4) is 5.75 Å². The summed E-state index contributed by atoms with van der Waals surface area (Å²) in [5.74, 6) is -0.744. The first-order chi connectivity index (χ1) is 15.9. The van der Waals surface area contributed by atoms with E-state index in [1.165, 1.54) is 34.2 Å². The Balaban J connectivity index is 1.28. The number of ketones is 1. The van der Waals surface area contributed by atoms with Gasteiger partial charge in [-0.25, -0.2) is 0 Å². The number of nitrogens with zero attached hydrogens (tertiary/aromatic N) is 2. The number of piperazine rings is 1. The number of benzene rings is 2. The molecule has 1 aliphatic heterocycles. The van der Waals surface area contributed by atoms with Gasteiger partial charge in [0.25, 0.3) is 5.91 Å². The summed E-state index contributed by atoms with van der Waals surface area (Å²) in [6.07, 6.45) is 3.44. The number of halogens is 2. The summed E-state index contributed by atoms with van der Waals surface area (Å²) >= 11 is 0. The minimum absolute atomic E-state index is 0.0394. The molecular formula is C25H26F2N2O4. The summed E-state index contributed by atoms with van der Waals surface area (Å²) in [7, 11) is 0. The van der Waals surface area contributed by atoms with Gasteiger partial charge in [0.05, 0.1) is 5.56 Å². The van der Waals surface area contributed by atoms with E-state index in [2.05, 4.69) is 4.74 Å². The maximum atomic E-state index is 12.8. The van der Waals surface area contributed by atoms with Crippen LogP contribution in [0.4, 0.5) is 8.78 Å². The predicted octanol–water partition coefficient (Wildman–Crippen LogP) is 3.72. The zero-order chi connectivity index (χ0) is 23.4. The number of alkyl halides is 2. The van der Waals surface area contributed by atoms with Crippen molar-refractivity contribution in [1.82, 2.24) is 9.80 Å². The minimum atomic E-state index is -3.02. The molecule has 1 saturated heterocycles. The van der Waals surface area contributed by atoms with Gasteiger partial charge < -0.3 is 14.5 Å². The average Bonchev–Trinajstić information content (AvgIpc) is 3.30. The van der Waals surface area contributed by atoms with Crippen LogP contribution in [0.1, 0.15) is 51.1 Å². The number of Topliss-reactive ketones (excluding diaryl/α,β-unsaturated/α-hetero) is 1. The lowest BCUT2D eigenvalue weighted by Crippen LogP contribution is -2.50. The van der Waals surface area contributed by atoms with Gasteiger partial charge in [-0.2, -0.15) is 8.78 Å². The Bertz CT molecular complexity index is 1050. The van der Waals surface area contributed by atoms with Crippen LogP contribution in [0.3, 0.4) is 0 Å². The largest absolute Gasteiger partial charge is 0.434 e. The van der Waals surface area contributed by atoms with Crippen LogP contribution in [0.5, 0.6) is 5.75 Å². The minimum Gasteiger partial charge on any atom is -0.434 e. The Morgan fingerprint density at radius 2 is 1.58 bits per heavy atom. The molecular weight excluding hydrogens is 430 g/mol. The second-order valence-electron chi connectivity index (χ2n) is 8.31. The van der Waals surface area contributed by atoms with Crippen molar-refractivity contribution in [2.75, 3.05) is 26.2 Å². The molecule has 2 aromatic carbocycles. The van der Waals surface area contributed by atoms with Crippen LogP contribution in [-0.4, -0.2) is 60.2 Å². The third-order valence-corrected chi connectivity index (χ3v) is 6.24. The van der Waals surface area contributed by atoms with Crippen LogP contribution < -0.4 is 4.74 Å². The van der Waals surface area contributed by atoms with Crippen LogP contribution in [0.25, 0.3) is 0 Å².